The monoisotopic (exact) mass is 380 g/mol. The van der Waals surface area contributed by atoms with Gasteiger partial charge < -0.3 is 20.4 Å². The minimum absolute atomic E-state index is 1.18. The van der Waals surface area contributed by atoms with Crippen LogP contribution in [0.25, 0.3) is 0 Å². The van der Waals surface area contributed by atoms with Crippen molar-refractivity contribution in [2.75, 3.05) is 105 Å². The van der Waals surface area contributed by atoms with Crippen LogP contribution < -0.4 is 10.6 Å². The minimum Gasteiger partial charge on any atom is -0.314 e. The molecule has 0 amide bonds. The molecule has 0 saturated carbocycles. The van der Waals surface area contributed by atoms with Gasteiger partial charge in [0.15, 0.2) is 0 Å². The van der Waals surface area contributed by atoms with Crippen molar-refractivity contribution in [2.24, 2.45) is 0 Å². The summed E-state index contributed by atoms with van der Waals surface area (Å²) < 4.78 is 0. The minimum atomic E-state index is 1.18. The van der Waals surface area contributed by atoms with E-state index < -0.39 is 0 Å². The molecule has 4 heterocycles. The topological polar surface area (TPSA) is 37.0 Å². The first-order valence-corrected chi connectivity index (χ1v) is 11.7. The van der Waals surface area contributed by atoms with E-state index in [2.05, 4.69) is 30.2 Å². The molecule has 27 heavy (non-hydrogen) atoms. The highest BCUT2D eigenvalue weighted by atomic mass is 15.2. The van der Waals surface area contributed by atoms with E-state index in [9.17, 15) is 0 Å². The van der Waals surface area contributed by atoms with Crippen molar-refractivity contribution in [2.45, 2.75) is 32.1 Å². The van der Waals surface area contributed by atoms with Crippen LogP contribution in [0.4, 0.5) is 0 Å². The Kier molecular flexibility index (Phi) is 10.4. The van der Waals surface area contributed by atoms with E-state index in [0.717, 1.165) is 0 Å². The molecule has 6 nitrogen and oxygen atoms in total. The number of nitrogens with one attached hydrogen (secondary N) is 2. The van der Waals surface area contributed by atoms with E-state index in [-0.39, 0.29) is 0 Å². The number of hydrogen-bond acceptors (Lipinski definition) is 6. The third kappa shape index (κ3) is 8.75. The van der Waals surface area contributed by atoms with Gasteiger partial charge in [-0.2, -0.15) is 0 Å². The van der Waals surface area contributed by atoms with E-state index in [1.807, 2.05) is 0 Å². The molecule has 4 saturated heterocycles. The standard InChI is InChI=1S/C11H23N3.C10H21N3/c1-2-6-13(7-3-1)10-11-14-8-4-12-5-9-14;1-2-6-12(5-1)9-10-13-7-3-11-4-8-13/h12H,1-11H2;11H,1-10H2. The molecule has 0 unspecified atom stereocenters. The third-order valence-corrected chi connectivity index (χ3v) is 6.53. The summed E-state index contributed by atoms with van der Waals surface area (Å²) in [5.41, 5.74) is 0. The molecule has 2 N–H and O–H groups in total. The Hall–Kier alpha value is -0.240. The van der Waals surface area contributed by atoms with Crippen LogP contribution in [0.5, 0.6) is 0 Å². The second-order valence-corrected chi connectivity index (χ2v) is 8.63. The van der Waals surface area contributed by atoms with E-state index in [0.29, 0.717) is 0 Å². The maximum absolute atomic E-state index is 3.40. The number of hydrogen-bond donors (Lipinski definition) is 2. The molecule has 4 rings (SSSR count). The van der Waals surface area contributed by atoms with Crippen LogP contribution in [0.3, 0.4) is 0 Å². The molecule has 0 radical (unpaired) electrons. The molecule has 158 valence electrons. The maximum atomic E-state index is 3.40. The van der Waals surface area contributed by atoms with Crippen molar-refractivity contribution in [3.63, 3.8) is 0 Å². The van der Waals surface area contributed by atoms with Crippen molar-refractivity contribution in [3.8, 4) is 0 Å². The smallest absolute Gasteiger partial charge is 0.0110 e. The van der Waals surface area contributed by atoms with Gasteiger partial charge in [0.2, 0.25) is 0 Å². The summed E-state index contributed by atoms with van der Waals surface area (Å²) in [7, 11) is 0. The average Bonchev–Trinajstić information content (AvgIpc) is 3.27. The van der Waals surface area contributed by atoms with Gasteiger partial charge in [-0.05, 0) is 51.9 Å². The van der Waals surface area contributed by atoms with Crippen LogP contribution in [0.2, 0.25) is 0 Å². The van der Waals surface area contributed by atoms with Crippen LogP contribution >= 0.6 is 0 Å². The van der Waals surface area contributed by atoms with Crippen LogP contribution in [-0.2, 0) is 0 Å². The SMILES string of the molecule is C1CCN(CCN2CCNCC2)C1.C1CCN(CCN2CCNCC2)CC1. The van der Waals surface area contributed by atoms with Gasteiger partial charge in [-0.15, -0.1) is 0 Å². The summed E-state index contributed by atoms with van der Waals surface area (Å²) in [6, 6.07) is 0. The molecule has 0 aliphatic carbocycles. The highest BCUT2D eigenvalue weighted by Gasteiger charge is 2.15. The highest BCUT2D eigenvalue weighted by molar-refractivity contribution is 4.72. The second-order valence-electron chi connectivity index (χ2n) is 8.63. The largest absolute Gasteiger partial charge is 0.314 e. The molecule has 0 atom stereocenters. The number of likely N-dealkylation sites (tertiary alicyclic amines) is 2. The summed E-state index contributed by atoms with van der Waals surface area (Å²) in [5, 5.41) is 6.78. The lowest BCUT2D eigenvalue weighted by Crippen LogP contribution is -2.46. The predicted molar refractivity (Wildman–Crippen MR) is 115 cm³/mol. The lowest BCUT2D eigenvalue weighted by Gasteiger charge is -2.32. The fourth-order valence-corrected chi connectivity index (χ4v) is 4.62. The Morgan fingerprint density at radius 1 is 0.370 bits per heavy atom. The maximum Gasteiger partial charge on any atom is 0.0110 e. The molecule has 6 heteroatoms. The fraction of sp³-hybridized carbons (Fsp3) is 1.00. The number of nitrogens with zero attached hydrogens (tertiary/aromatic N) is 4. The molecule has 0 aromatic heterocycles. The number of rotatable bonds is 6. The molecule has 4 aliphatic heterocycles. The average molecular weight is 381 g/mol. The van der Waals surface area contributed by atoms with Gasteiger partial charge in [-0.25, -0.2) is 0 Å². The predicted octanol–water partition coefficient (Wildman–Crippen LogP) is 0.365. The van der Waals surface area contributed by atoms with Crippen molar-refractivity contribution in [3.05, 3.63) is 0 Å². The van der Waals surface area contributed by atoms with Gasteiger partial charge in [0.05, 0.1) is 0 Å². The Bertz CT molecular complexity index is 338. The van der Waals surface area contributed by atoms with Crippen molar-refractivity contribution in [1.82, 2.24) is 30.2 Å². The summed E-state index contributed by atoms with van der Waals surface area (Å²) in [6.07, 6.45) is 7.12. The van der Waals surface area contributed by atoms with Gasteiger partial charge >= 0.3 is 0 Å². The molecular weight excluding hydrogens is 336 g/mol. The number of piperidine rings is 1. The van der Waals surface area contributed by atoms with E-state index >= 15 is 0 Å². The van der Waals surface area contributed by atoms with Gasteiger partial charge in [-0.1, -0.05) is 6.42 Å². The van der Waals surface area contributed by atoms with Crippen LogP contribution in [0, 0.1) is 0 Å². The first kappa shape index (κ1) is 21.5. The Labute approximate surface area is 167 Å². The summed E-state index contributed by atoms with van der Waals surface area (Å²) in [4.78, 5) is 10.4. The van der Waals surface area contributed by atoms with Crippen molar-refractivity contribution in [1.29, 1.82) is 0 Å². The molecular formula is C21H44N6. The number of piperazine rings is 2. The van der Waals surface area contributed by atoms with Gasteiger partial charge in [0.25, 0.3) is 0 Å². The Morgan fingerprint density at radius 3 is 1.04 bits per heavy atom. The second kappa shape index (κ2) is 13.1. The Balaban J connectivity index is 0.000000156. The zero-order valence-corrected chi connectivity index (χ0v) is 17.6. The summed E-state index contributed by atoms with van der Waals surface area (Å²) >= 11 is 0. The first-order valence-electron chi connectivity index (χ1n) is 11.7. The van der Waals surface area contributed by atoms with Crippen LogP contribution in [0.1, 0.15) is 32.1 Å². The third-order valence-electron chi connectivity index (χ3n) is 6.53. The molecule has 0 bridgehead atoms. The molecule has 4 aliphatic rings. The first-order chi connectivity index (χ1) is 13.4. The Morgan fingerprint density at radius 2 is 0.667 bits per heavy atom. The molecule has 0 aromatic rings. The van der Waals surface area contributed by atoms with E-state index in [4.69, 9.17) is 0 Å². The van der Waals surface area contributed by atoms with Gasteiger partial charge in [0, 0.05) is 78.5 Å². The van der Waals surface area contributed by atoms with Gasteiger partial charge in [0.1, 0.15) is 0 Å². The van der Waals surface area contributed by atoms with Crippen molar-refractivity contribution < 1.29 is 0 Å². The quantitative estimate of drug-likeness (QED) is 0.693. The van der Waals surface area contributed by atoms with Crippen LogP contribution in [-0.4, -0.2) is 124 Å². The van der Waals surface area contributed by atoms with E-state index in [1.54, 1.807) is 0 Å². The zero-order valence-electron chi connectivity index (χ0n) is 17.6. The van der Waals surface area contributed by atoms with Crippen molar-refractivity contribution >= 4 is 0 Å². The lowest BCUT2D eigenvalue weighted by atomic mass is 10.1. The van der Waals surface area contributed by atoms with Crippen LogP contribution in [0.15, 0.2) is 0 Å². The summed E-state index contributed by atoms with van der Waals surface area (Å²) in [6.45, 7) is 20.2. The zero-order chi connectivity index (χ0) is 18.6. The molecule has 4 fully saturated rings. The van der Waals surface area contributed by atoms with Gasteiger partial charge in [-0.3, -0.25) is 9.80 Å². The highest BCUT2D eigenvalue weighted by Crippen LogP contribution is 2.08. The normalized spacial score (nSPS) is 26.7. The molecule has 0 aromatic carbocycles. The molecule has 0 spiro atoms. The summed E-state index contributed by atoms with van der Waals surface area (Å²) in [5.74, 6) is 0. The van der Waals surface area contributed by atoms with E-state index in [1.165, 1.54) is 137 Å². The fourth-order valence-electron chi connectivity index (χ4n) is 4.62. The lowest BCUT2D eigenvalue weighted by molar-refractivity contribution is 0.171.